The molecule has 12 aromatic rings. The zero-order valence-electron chi connectivity index (χ0n) is 33.2. The van der Waals surface area contributed by atoms with Gasteiger partial charge >= 0.3 is 0 Å². The molecule has 0 atom stereocenters. The van der Waals surface area contributed by atoms with Crippen LogP contribution in [0.15, 0.2) is 235 Å². The second-order valence-corrected chi connectivity index (χ2v) is 15.7. The molecule has 0 radical (unpaired) electrons. The summed E-state index contributed by atoms with van der Waals surface area (Å²) in [6, 6.07) is 82.7. The lowest BCUT2D eigenvalue weighted by Gasteiger charge is -2.27. The fourth-order valence-corrected chi connectivity index (χ4v) is 9.29. The van der Waals surface area contributed by atoms with Gasteiger partial charge in [0, 0.05) is 50.1 Å². The lowest BCUT2D eigenvalue weighted by molar-refractivity contribution is 0.669. The number of fused-ring (bicyclic) bond motifs is 8. The Bertz CT molecular complexity index is 3550. The number of hydrogen-bond acceptors (Lipinski definition) is 2. The third-order valence-corrected chi connectivity index (χ3v) is 12.2. The standard InChI is InChI=1S/C58H38N2O/c1-4-14-39(15-5-1)40-24-26-41(27-25-40)42-28-32-47(33-29-42)59(45-16-6-2-7-17-45)55-38-57-58(50-22-11-10-20-48(50)55)51-34-30-44(37-56(51)61-57)43-31-35-54-52(36-43)49-21-12-13-23-53(49)60(54)46-18-8-3-9-19-46/h1-38H. The summed E-state index contributed by atoms with van der Waals surface area (Å²) in [5.41, 5.74) is 15.6. The summed E-state index contributed by atoms with van der Waals surface area (Å²) in [5.74, 6) is 0. The van der Waals surface area contributed by atoms with E-state index in [2.05, 4.69) is 240 Å². The molecule has 0 N–H and O–H groups in total. The normalized spacial score (nSPS) is 11.6. The third-order valence-electron chi connectivity index (χ3n) is 12.2. The Balaban J connectivity index is 0.962. The molecule has 3 nitrogen and oxygen atoms in total. The minimum Gasteiger partial charge on any atom is -0.456 e. The quantitative estimate of drug-likeness (QED) is 0.161. The number of furan rings is 1. The van der Waals surface area contributed by atoms with Gasteiger partial charge in [0.1, 0.15) is 11.2 Å². The first-order valence-corrected chi connectivity index (χ1v) is 20.8. The van der Waals surface area contributed by atoms with Crippen LogP contribution in [0.25, 0.3) is 93.6 Å². The van der Waals surface area contributed by atoms with Crippen molar-refractivity contribution in [2.24, 2.45) is 0 Å². The molecule has 12 rings (SSSR count). The molecule has 0 spiro atoms. The molecule has 0 unspecified atom stereocenters. The highest BCUT2D eigenvalue weighted by atomic mass is 16.3. The van der Waals surface area contributed by atoms with Gasteiger partial charge in [-0.25, -0.2) is 0 Å². The number of anilines is 3. The van der Waals surface area contributed by atoms with Crippen LogP contribution in [0, 0.1) is 0 Å². The van der Waals surface area contributed by atoms with Gasteiger partial charge in [0.05, 0.1) is 16.7 Å². The molecular weight excluding hydrogens is 741 g/mol. The van der Waals surface area contributed by atoms with Crippen molar-refractivity contribution in [3.63, 3.8) is 0 Å². The van der Waals surface area contributed by atoms with Crippen LogP contribution >= 0.6 is 0 Å². The second kappa shape index (κ2) is 14.3. The first-order valence-electron chi connectivity index (χ1n) is 20.8. The van der Waals surface area contributed by atoms with Crippen LogP contribution in [0.2, 0.25) is 0 Å². The average molecular weight is 779 g/mol. The van der Waals surface area contributed by atoms with Crippen LogP contribution in [-0.4, -0.2) is 4.57 Å². The van der Waals surface area contributed by atoms with Gasteiger partial charge < -0.3 is 13.9 Å². The van der Waals surface area contributed by atoms with Crippen LogP contribution in [0.5, 0.6) is 0 Å². The first kappa shape index (κ1) is 34.9. The van der Waals surface area contributed by atoms with E-state index in [-0.39, 0.29) is 0 Å². The molecule has 0 bridgehead atoms. The number of nitrogens with zero attached hydrogens (tertiary/aromatic N) is 2. The zero-order chi connectivity index (χ0) is 40.3. The minimum absolute atomic E-state index is 0.860. The number of hydrogen-bond donors (Lipinski definition) is 0. The summed E-state index contributed by atoms with van der Waals surface area (Å²) in [6.45, 7) is 0. The molecule has 0 aliphatic heterocycles. The molecule has 0 fully saturated rings. The van der Waals surface area contributed by atoms with Crippen molar-refractivity contribution >= 4 is 71.6 Å². The molecule has 10 aromatic carbocycles. The highest BCUT2D eigenvalue weighted by Gasteiger charge is 2.21. The van der Waals surface area contributed by atoms with Gasteiger partial charge in [-0.05, 0) is 105 Å². The Kier molecular flexibility index (Phi) is 8.17. The predicted molar refractivity (Wildman–Crippen MR) is 257 cm³/mol. The van der Waals surface area contributed by atoms with Crippen molar-refractivity contribution in [1.29, 1.82) is 0 Å². The fourth-order valence-electron chi connectivity index (χ4n) is 9.29. The average Bonchev–Trinajstić information content (AvgIpc) is 3.88. The number of para-hydroxylation sites is 3. The van der Waals surface area contributed by atoms with Crippen LogP contribution in [0.3, 0.4) is 0 Å². The molecule has 3 heteroatoms. The van der Waals surface area contributed by atoms with Crippen molar-refractivity contribution in [2.75, 3.05) is 4.90 Å². The molecule has 0 saturated heterocycles. The van der Waals surface area contributed by atoms with Crippen molar-refractivity contribution in [3.05, 3.63) is 231 Å². The molecule has 0 saturated carbocycles. The van der Waals surface area contributed by atoms with E-state index in [4.69, 9.17) is 4.42 Å². The lowest BCUT2D eigenvalue weighted by atomic mass is 9.98. The van der Waals surface area contributed by atoms with Gasteiger partial charge in [-0.3, -0.25) is 0 Å². The minimum atomic E-state index is 0.860. The highest BCUT2D eigenvalue weighted by Crippen LogP contribution is 2.45. The summed E-state index contributed by atoms with van der Waals surface area (Å²) in [4.78, 5) is 2.35. The van der Waals surface area contributed by atoms with Crippen LogP contribution < -0.4 is 4.90 Å². The SMILES string of the molecule is c1ccc(-c2ccc(-c3ccc(N(c4ccccc4)c4cc5oc6cc(-c7ccc8c(c7)c7ccccc7n8-c7ccccc7)ccc6c5c5ccccc45)cc3)cc2)cc1. The molecule has 2 heterocycles. The van der Waals surface area contributed by atoms with Crippen molar-refractivity contribution in [3.8, 4) is 39.1 Å². The summed E-state index contributed by atoms with van der Waals surface area (Å²) >= 11 is 0. The Labute approximate surface area is 353 Å². The Morgan fingerprint density at radius 2 is 0.820 bits per heavy atom. The Morgan fingerprint density at radius 3 is 1.54 bits per heavy atom. The fraction of sp³-hybridized carbons (Fsp3) is 0. The molecule has 0 aliphatic carbocycles. The van der Waals surface area contributed by atoms with E-state index in [0.717, 1.165) is 66.6 Å². The number of rotatable bonds is 7. The summed E-state index contributed by atoms with van der Waals surface area (Å²) < 4.78 is 9.25. The van der Waals surface area contributed by atoms with Gasteiger partial charge in [0.2, 0.25) is 0 Å². The van der Waals surface area contributed by atoms with Crippen molar-refractivity contribution in [1.82, 2.24) is 4.57 Å². The topological polar surface area (TPSA) is 21.3 Å². The smallest absolute Gasteiger partial charge is 0.138 e. The maximum Gasteiger partial charge on any atom is 0.138 e. The Morgan fingerprint density at radius 1 is 0.311 bits per heavy atom. The molecular formula is C58H38N2O. The van der Waals surface area contributed by atoms with E-state index in [1.807, 2.05) is 0 Å². The van der Waals surface area contributed by atoms with Gasteiger partial charge in [0.25, 0.3) is 0 Å². The van der Waals surface area contributed by atoms with Gasteiger partial charge in [-0.1, -0.05) is 158 Å². The lowest BCUT2D eigenvalue weighted by Crippen LogP contribution is -2.10. The largest absolute Gasteiger partial charge is 0.456 e. The van der Waals surface area contributed by atoms with Crippen LogP contribution in [-0.2, 0) is 0 Å². The van der Waals surface area contributed by atoms with Gasteiger partial charge in [-0.2, -0.15) is 0 Å². The van der Waals surface area contributed by atoms with E-state index in [1.165, 1.54) is 44.1 Å². The third kappa shape index (κ3) is 5.90. The summed E-state index contributed by atoms with van der Waals surface area (Å²) in [7, 11) is 0. The number of benzene rings is 10. The van der Waals surface area contributed by atoms with Gasteiger partial charge in [-0.15, -0.1) is 0 Å². The molecule has 2 aromatic heterocycles. The molecule has 286 valence electrons. The second-order valence-electron chi connectivity index (χ2n) is 15.7. The zero-order valence-corrected chi connectivity index (χ0v) is 33.2. The maximum absolute atomic E-state index is 6.89. The van der Waals surface area contributed by atoms with Gasteiger partial charge in [0.15, 0.2) is 0 Å². The maximum atomic E-state index is 6.89. The number of aromatic nitrogens is 1. The summed E-state index contributed by atoms with van der Waals surface area (Å²) in [6.07, 6.45) is 0. The van der Waals surface area contributed by atoms with Crippen molar-refractivity contribution < 1.29 is 4.42 Å². The van der Waals surface area contributed by atoms with E-state index >= 15 is 0 Å². The van der Waals surface area contributed by atoms with E-state index in [1.54, 1.807) is 0 Å². The summed E-state index contributed by atoms with van der Waals surface area (Å²) in [5, 5.41) is 7.02. The Hall–Kier alpha value is -8.14. The van der Waals surface area contributed by atoms with Crippen LogP contribution in [0.1, 0.15) is 0 Å². The van der Waals surface area contributed by atoms with Crippen LogP contribution in [0.4, 0.5) is 17.1 Å². The first-order chi connectivity index (χ1) is 30.2. The van der Waals surface area contributed by atoms with E-state index in [9.17, 15) is 0 Å². The monoisotopic (exact) mass is 778 g/mol. The molecule has 0 aliphatic rings. The van der Waals surface area contributed by atoms with E-state index in [0.29, 0.717) is 0 Å². The molecule has 0 amide bonds. The van der Waals surface area contributed by atoms with Crippen molar-refractivity contribution in [2.45, 2.75) is 0 Å². The molecule has 61 heavy (non-hydrogen) atoms. The van der Waals surface area contributed by atoms with E-state index < -0.39 is 0 Å². The predicted octanol–water partition coefficient (Wildman–Crippen LogP) is 16.3. The highest BCUT2D eigenvalue weighted by molar-refractivity contribution is 6.23.